The topological polar surface area (TPSA) is 158 Å². The highest BCUT2D eigenvalue weighted by Crippen LogP contribution is 2.38. The average Bonchev–Trinajstić information content (AvgIpc) is 3.73. The molecule has 2 N–H and O–H groups in total. The normalized spacial score (nSPS) is 13.4. The van der Waals surface area contributed by atoms with Crippen LogP contribution in [0.5, 0.6) is 0 Å². The summed E-state index contributed by atoms with van der Waals surface area (Å²) in [6.45, 7) is 3.08. The van der Waals surface area contributed by atoms with Crippen molar-refractivity contribution in [3.8, 4) is 11.4 Å². The highest BCUT2D eigenvalue weighted by Gasteiger charge is 2.33. The van der Waals surface area contributed by atoms with Crippen molar-refractivity contribution in [1.82, 2.24) is 25.0 Å². The summed E-state index contributed by atoms with van der Waals surface area (Å²) < 4.78 is 11.5. The molecule has 1 aliphatic rings. The Balaban J connectivity index is 1.35. The Kier molecular flexibility index (Phi) is 8.51. The number of ether oxygens (including phenoxy) is 1. The lowest BCUT2D eigenvalue weighted by atomic mass is 9.99. The van der Waals surface area contributed by atoms with E-state index in [0.29, 0.717) is 11.4 Å². The summed E-state index contributed by atoms with van der Waals surface area (Å²) in [5.41, 5.74) is 0.512. The fraction of sp³-hybridized carbons (Fsp3) is 0.300. The molecule has 216 valence electrons. The number of hydrogen-bond donors (Lipinski definition) is 2. The van der Waals surface area contributed by atoms with Crippen LogP contribution in [-0.4, -0.2) is 43.5 Å². The maximum absolute atomic E-state index is 13.5. The van der Waals surface area contributed by atoms with Crippen molar-refractivity contribution < 1.29 is 23.6 Å². The summed E-state index contributed by atoms with van der Waals surface area (Å²) in [6, 6.07) is 16.9. The highest BCUT2D eigenvalue weighted by molar-refractivity contribution is 5.98. The molecule has 0 bridgehead atoms. The van der Waals surface area contributed by atoms with E-state index in [-0.39, 0.29) is 35.8 Å². The zero-order valence-electron chi connectivity index (χ0n) is 23.1. The number of anilines is 1. The Labute approximate surface area is 241 Å². The maximum Gasteiger partial charge on any atom is 0.412 e. The monoisotopic (exact) mass is 570 g/mol. The van der Waals surface area contributed by atoms with E-state index in [0.717, 1.165) is 23.0 Å². The van der Waals surface area contributed by atoms with Gasteiger partial charge in [0.2, 0.25) is 11.7 Å². The molecular formula is C30H30N6O6. The number of aromatic nitrogens is 4. The van der Waals surface area contributed by atoms with Gasteiger partial charge in [0.1, 0.15) is 24.7 Å². The minimum absolute atomic E-state index is 0.00557. The summed E-state index contributed by atoms with van der Waals surface area (Å²) in [7, 11) is 0. The minimum Gasteiger partial charge on any atom is -0.444 e. The Morgan fingerprint density at radius 2 is 1.74 bits per heavy atom. The fourth-order valence-electron chi connectivity index (χ4n) is 4.28. The molecule has 0 aliphatic heterocycles. The molecule has 5 rings (SSSR count). The molecule has 1 saturated carbocycles. The second-order valence-electron chi connectivity index (χ2n) is 10.3. The molecular weight excluding hydrogens is 540 g/mol. The molecule has 0 saturated heterocycles. The quantitative estimate of drug-likeness (QED) is 0.255. The van der Waals surface area contributed by atoms with Crippen LogP contribution >= 0.6 is 0 Å². The molecule has 12 heteroatoms. The second-order valence-corrected chi connectivity index (χ2v) is 10.3. The maximum atomic E-state index is 13.5. The van der Waals surface area contributed by atoms with E-state index >= 15 is 0 Å². The van der Waals surface area contributed by atoms with Crippen LogP contribution in [0.3, 0.4) is 0 Å². The number of nitrogens with one attached hydrogen (secondary N) is 2. The van der Waals surface area contributed by atoms with Crippen molar-refractivity contribution in [2.24, 2.45) is 5.92 Å². The third-order valence-corrected chi connectivity index (χ3v) is 6.69. The number of rotatable bonds is 11. The summed E-state index contributed by atoms with van der Waals surface area (Å²) >= 11 is 0. The molecule has 2 aromatic heterocycles. The minimum atomic E-state index is -0.969. The van der Waals surface area contributed by atoms with Crippen LogP contribution in [0.2, 0.25) is 0 Å². The van der Waals surface area contributed by atoms with Crippen LogP contribution in [0.1, 0.15) is 54.7 Å². The number of amides is 2. The van der Waals surface area contributed by atoms with Gasteiger partial charge in [0, 0.05) is 11.5 Å². The van der Waals surface area contributed by atoms with Crippen LogP contribution in [0.25, 0.3) is 11.4 Å². The van der Waals surface area contributed by atoms with Crippen molar-refractivity contribution >= 4 is 23.5 Å². The van der Waals surface area contributed by atoms with Crippen LogP contribution in [-0.2, 0) is 22.7 Å². The lowest BCUT2D eigenvalue weighted by molar-refractivity contribution is -0.122. The van der Waals surface area contributed by atoms with Gasteiger partial charge in [0.25, 0.3) is 11.4 Å². The van der Waals surface area contributed by atoms with Gasteiger partial charge in [-0.05, 0) is 24.3 Å². The van der Waals surface area contributed by atoms with E-state index in [9.17, 15) is 19.2 Å². The van der Waals surface area contributed by atoms with Gasteiger partial charge in [-0.15, -0.1) is 0 Å². The number of carbonyl (C=O) groups excluding carboxylic acids is 3. The molecule has 2 heterocycles. The molecule has 1 fully saturated rings. The average molecular weight is 571 g/mol. The van der Waals surface area contributed by atoms with Crippen molar-refractivity contribution in [2.45, 2.75) is 51.8 Å². The first kappa shape index (κ1) is 28.4. The number of hydrogen-bond acceptors (Lipinski definition) is 9. The molecule has 42 heavy (non-hydrogen) atoms. The van der Waals surface area contributed by atoms with Gasteiger partial charge >= 0.3 is 6.09 Å². The molecule has 0 spiro atoms. The number of carbonyl (C=O) groups is 3. The number of Topliss-reactive ketones (excluding diaryl/α,β-unsaturated/α-hetero) is 1. The van der Waals surface area contributed by atoms with Gasteiger partial charge in [0.15, 0.2) is 5.82 Å². The summed E-state index contributed by atoms with van der Waals surface area (Å²) in [4.78, 5) is 61.0. The third-order valence-electron chi connectivity index (χ3n) is 6.69. The molecule has 1 unspecified atom stereocenters. The summed E-state index contributed by atoms with van der Waals surface area (Å²) in [5, 5.41) is 9.01. The number of nitrogens with zero attached hydrogens (tertiary/aromatic N) is 4. The first-order valence-corrected chi connectivity index (χ1v) is 13.6. The first-order chi connectivity index (χ1) is 20.3. The predicted octanol–water partition coefficient (Wildman–Crippen LogP) is 3.94. The number of benzene rings is 2. The highest BCUT2D eigenvalue weighted by atomic mass is 16.5. The van der Waals surface area contributed by atoms with E-state index < -0.39 is 35.9 Å². The summed E-state index contributed by atoms with van der Waals surface area (Å²) in [6.07, 6.45) is 2.26. The summed E-state index contributed by atoms with van der Waals surface area (Å²) in [5.74, 6) is -0.707. The third kappa shape index (κ3) is 6.77. The smallest absolute Gasteiger partial charge is 0.412 e. The largest absolute Gasteiger partial charge is 0.444 e. The Bertz CT molecular complexity index is 1630. The molecule has 1 aliphatic carbocycles. The van der Waals surface area contributed by atoms with E-state index in [1.54, 1.807) is 50.2 Å². The number of ketones is 1. The van der Waals surface area contributed by atoms with Gasteiger partial charge in [-0.3, -0.25) is 24.3 Å². The predicted molar refractivity (Wildman–Crippen MR) is 152 cm³/mol. The van der Waals surface area contributed by atoms with Crippen LogP contribution in [0.15, 0.2) is 76.2 Å². The molecule has 2 amide bonds. The zero-order valence-corrected chi connectivity index (χ0v) is 23.1. The van der Waals surface area contributed by atoms with Gasteiger partial charge in [-0.25, -0.2) is 9.78 Å². The van der Waals surface area contributed by atoms with Gasteiger partial charge in [-0.2, -0.15) is 4.98 Å². The van der Waals surface area contributed by atoms with Crippen LogP contribution in [0, 0.1) is 5.92 Å². The van der Waals surface area contributed by atoms with Crippen molar-refractivity contribution in [3.05, 3.63) is 94.5 Å². The zero-order chi connectivity index (χ0) is 29.6. The standard InChI is InChI=1S/C30H30N6O6/c1-18(2)24(25(38)28-34-26(35-42-28)20-13-14-20)33-23(37)16-36-27(21-11-7-4-8-12-21)31-15-22(29(36)39)32-30(40)41-17-19-9-5-3-6-10-19/h3-12,15,18,20,24H,13-14,16-17H2,1-2H3,(H,32,40)(H,33,37). The van der Waals surface area contributed by atoms with Crippen molar-refractivity contribution in [2.75, 3.05) is 5.32 Å². The molecule has 4 aromatic rings. The van der Waals surface area contributed by atoms with Gasteiger partial charge in [0.05, 0.1) is 12.2 Å². The molecule has 12 nitrogen and oxygen atoms in total. The molecule has 1 atom stereocenters. The Hall–Kier alpha value is -5.13. The fourth-order valence-corrected chi connectivity index (χ4v) is 4.28. The molecule has 2 aromatic carbocycles. The SMILES string of the molecule is CC(C)C(NC(=O)Cn1c(-c2ccccc2)ncc(NC(=O)OCc2ccccc2)c1=O)C(=O)c1nc(C2CC2)no1. The van der Waals surface area contributed by atoms with Gasteiger partial charge < -0.3 is 14.6 Å². The first-order valence-electron chi connectivity index (χ1n) is 13.6. The lowest BCUT2D eigenvalue weighted by Gasteiger charge is -2.20. The Morgan fingerprint density at radius 3 is 2.40 bits per heavy atom. The van der Waals surface area contributed by atoms with E-state index in [2.05, 4.69) is 25.8 Å². The lowest BCUT2D eigenvalue weighted by Crippen LogP contribution is -2.46. The van der Waals surface area contributed by atoms with Crippen LogP contribution < -0.4 is 16.2 Å². The van der Waals surface area contributed by atoms with Crippen molar-refractivity contribution in [1.29, 1.82) is 0 Å². The van der Waals surface area contributed by atoms with Crippen LogP contribution in [0.4, 0.5) is 10.5 Å². The molecule has 0 radical (unpaired) electrons. The Morgan fingerprint density at radius 1 is 1.05 bits per heavy atom. The van der Waals surface area contributed by atoms with Crippen molar-refractivity contribution in [3.63, 3.8) is 0 Å². The van der Waals surface area contributed by atoms with E-state index in [4.69, 9.17) is 9.26 Å². The van der Waals surface area contributed by atoms with E-state index in [1.807, 2.05) is 24.3 Å². The second kappa shape index (κ2) is 12.6. The van der Waals surface area contributed by atoms with Gasteiger partial charge in [-0.1, -0.05) is 79.7 Å². The van der Waals surface area contributed by atoms with E-state index in [1.165, 1.54) is 6.20 Å².